The van der Waals surface area contributed by atoms with Gasteiger partial charge in [0.05, 0.1) is 5.33 Å². The van der Waals surface area contributed by atoms with E-state index in [1.165, 1.54) is 0 Å². The van der Waals surface area contributed by atoms with Gasteiger partial charge in [-0.3, -0.25) is 0 Å². The first-order chi connectivity index (χ1) is 7.63. The molecule has 0 bridgehead atoms. The smallest absolute Gasteiger partial charge is 0.143 e. The van der Waals surface area contributed by atoms with Gasteiger partial charge >= 0.3 is 0 Å². The summed E-state index contributed by atoms with van der Waals surface area (Å²) in [5, 5.41) is 9.42. The molecule has 16 heavy (non-hydrogen) atoms. The third kappa shape index (κ3) is 3.06. The number of hydrogen-bond donors (Lipinski definition) is 0. The van der Waals surface area contributed by atoms with Crippen LogP contribution >= 0.6 is 15.9 Å². The summed E-state index contributed by atoms with van der Waals surface area (Å²) >= 11 is 3.48. The minimum absolute atomic E-state index is 0.541. The van der Waals surface area contributed by atoms with Crippen LogP contribution in [-0.2, 0) is 11.9 Å². The Bertz CT molecular complexity index is 316. The molecule has 1 aromatic heterocycles. The summed E-state index contributed by atoms with van der Waals surface area (Å²) in [6.07, 6.45) is 2.27. The Labute approximate surface area is 107 Å². The third-order valence-corrected chi connectivity index (χ3v) is 3.38. The number of alkyl halides is 1. The molecule has 3 nitrogen and oxygen atoms in total. The van der Waals surface area contributed by atoms with E-state index in [4.69, 9.17) is 0 Å². The van der Waals surface area contributed by atoms with E-state index in [0.717, 1.165) is 36.4 Å². The predicted molar refractivity (Wildman–Crippen MR) is 70.8 cm³/mol. The number of nitrogens with zero attached hydrogens (tertiary/aromatic N) is 3. The quantitative estimate of drug-likeness (QED) is 0.747. The lowest BCUT2D eigenvalue weighted by Crippen LogP contribution is -2.14. The highest BCUT2D eigenvalue weighted by Crippen LogP contribution is 2.23. The molecule has 1 aromatic rings. The molecule has 0 unspecified atom stereocenters. The van der Waals surface area contributed by atoms with E-state index < -0.39 is 0 Å². The van der Waals surface area contributed by atoms with Crippen LogP contribution in [-0.4, -0.2) is 14.8 Å². The van der Waals surface area contributed by atoms with Gasteiger partial charge in [-0.15, -0.1) is 10.2 Å². The monoisotopic (exact) mass is 287 g/mol. The van der Waals surface area contributed by atoms with Crippen molar-refractivity contribution in [3.05, 3.63) is 11.6 Å². The molecule has 4 heteroatoms. The van der Waals surface area contributed by atoms with Crippen LogP contribution in [0.15, 0.2) is 0 Å². The standard InChI is InChI=1S/C12H22BrN3/c1-5-10(6-2)12-15-14-11(7-13)16(12)8-9(3)4/h9-10H,5-8H2,1-4H3. The number of hydrogen-bond acceptors (Lipinski definition) is 2. The van der Waals surface area contributed by atoms with Crippen molar-refractivity contribution < 1.29 is 0 Å². The highest BCUT2D eigenvalue weighted by molar-refractivity contribution is 9.08. The molecular weight excluding hydrogens is 266 g/mol. The zero-order chi connectivity index (χ0) is 12.1. The van der Waals surface area contributed by atoms with Crippen molar-refractivity contribution in [2.45, 2.75) is 58.3 Å². The van der Waals surface area contributed by atoms with Gasteiger partial charge in [-0.1, -0.05) is 43.6 Å². The molecule has 0 aliphatic heterocycles. The minimum atomic E-state index is 0.541. The van der Waals surface area contributed by atoms with Crippen molar-refractivity contribution in [1.29, 1.82) is 0 Å². The molecule has 0 aliphatic rings. The zero-order valence-corrected chi connectivity index (χ0v) is 12.3. The number of aromatic nitrogens is 3. The van der Waals surface area contributed by atoms with Crippen LogP contribution in [0.4, 0.5) is 0 Å². The Balaban J connectivity index is 3.03. The molecular formula is C12H22BrN3. The second kappa shape index (κ2) is 6.38. The first-order valence-corrected chi connectivity index (χ1v) is 7.24. The SMILES string of the molecule is CCC(CC)c1nnc(CBr)n1CC(C)C. The molecule has 0 radical (unpaired) electrons. The molecule has 0 saturated carbocycles. The van der Waals surface area contributed by atoms with Gasteiger partial charge in [0.2, 0.25) is 0 Å². The third-order valence-electron chi connectivity index (χ3n) is 2.87. The Morgan fingerprint density at radius 1 is 1.19 bits per heavy atom. The molecule has 92 valence electrons. The summed E-state index contributed by atoms with van der Waals surface area (Å²) in [5.41, 5.74) is 0. The summed E-state index contributed by atoms with van der Waals surface area (Å²) in [5.74, 6) is 3.38. The molecule has 0 N–H and O–H groups in total. The molecule has 0 fully saturated rings. The van der Waals surface area contributed by atoms with Gasteiger partial charge in [-0.25, -0.2) is 0 Å². The second-order valence-electron chi connectivity index (χ2n) is 4.63. The van der Waals surface area contributed by atoms with Crippen molar-refractivity contribution in [1.82, 2.24) is 14.8 Å². The molecule has 1 rings (SSSR count). The predicted octanol–water partition coefficient (Wildman–Crippen LogP) is 3.73. The van der Waals surface area contributed by atoms with Crippen LogP contribution in [0.3, 0.4) is 0 Å². The van der Waals surface area contributed by atoms with Crippen LogP contribution in [0.25, 0.3) is 0 Å². The summed E-state index contributed by atoms with van der Waals surface area (Å²) in [6.45, 7) is 9.91. The second-order valence-corrected chi connectivity index (χ2v) is 5.19. The Morgan fingerprint density at radius 2 is 1.81 bits per heavy atom. The van der Waals surface area contributed by atoms with Crippen LogP contribution in [0, 0.1) is 5.92 Å². The van der Waals surface area contributed by atoms with Crippen LogP contribution < -0.4 is 0 Å². The number of halogens is 1. The zero-order valence-electron chi connectivity index (χ0n) is 10.7. The highest BCUT2D eigenvalue weighted by atomic mass is 79.9. The van der Waals surface area contributed by atoms with Crippen LogP contribution in [0.2, 0.25) is 0 Å². The van der Waals surface area contributed by atoms with E-state index in [9.17, 15) is 0 Å². The van der Waals surface area contributed by atoms with Gasteiger partial charge in [0, 0.05) is 12.5 Å². The fourth-order valence-electron chi connectivity index (χ4n) is 1.97. The van der Waals surface area contributed by atoms with Gasteiger partial charge in [0.25, 0.3) is 0 Å². The number of rotatable bonds is 6. The molecule has 1 heterocycles. The summed E-state index contributed by atoms with van der Waals surface area (Å²) in [7, 11) is 0. The average Bonchev–Trinajstić information content (AvgIpc) is 2.63. The van der Waals surface area contributed by atoms with E-state index in [0.29, 0.717) is 11.8 Å². The lowest BCUT2D eigenvalue weighted by atomic mass is 10.0. The molecule has 0 aliphatic carbocycles. The fourth-order valence-corrected chi connectivity index (χ4v) is 2.38. The van der Waals surface area contributed by atoms with Gasteiger partial charge in [0.1, 0.15) is 11.6 Å². The summed E-state index contributed by atoms with van der Waals surface area (Å²) < 4.78 is 2.29. The van der Waals surface area contributed by atoms with E-state index in [2.05, 4.69) is 58.4 Å². The van der Waals surface area contributed by atoms with E-state index in [1.54, 1.807) is 0 Å². The molecule has 0 amide bonds. The van der Waals surface area contributed by atoms with Crippen molar-refractivity contribution in [3.8, 4) is 0 Å². The maximum absolute atomic E-state index is 4.36. The topological polar surface area (TPSA) is 30.7 Å². The van der Waals surface area contributed by atoms with E-state index >= 15 is 0 Å². The molecule has 0 spiro atoms. The lowest BCUT2D eigenvalue weighted by molar-refractivity contribution is 0.470. The first kappa shape index (κ1) is 13.7. The lowest BCUT2D eigenvalue weighted by Gasteiger charge is -2.16. The molecule has 0 saturated heterocycles. The fraction of sp³-hybridized carbons (Fsp3) is 0.833. The Hall–Kier alpha value is -0.380. The van der Waals surface area contributed by atoms with Crippen molar-refractivity contribution in [2.75, 3.05) is 0 Å². The largest absolute Gasteiger partial charge is 0.314 e. The van der Waals surface area contributed by atoms with Gasteiger partial charge in [-0.2, -0.15) is 0 Å². The maximum Gasteiger partial charge on any atom is 0.143 e. The Kier molecular flexibility index (Phi) is 5.46. The highest BCUT2D eigenvalue weighted by Gasteiger charge is 2.18. The molecule has 0 aromatic carbocycles. The van der Waals surface area contributed by atoms with Crippen molar-refractivity contribution in [2.24, 2.45) is 5.92 Å². The maximum atomic E-state index is 4.36. The van der Waals surface area contributed by atoms with Gasteiger partial charge in [-0.05, 0) is 18.8 Å². The minimum Gasteiger partial charge on any atom is -0.314 e. The average molecular weight is 288 g/mol. The van der Waals surface area contributed by atoms with Crippen molar-refractivity contribution in [3.63, 3.8) is 0 Å². The molecule has 0 atom stereocenters. The van der Waals surface area contributed by atoms with Gasteiger partial charge in [0.15, 0.2) is 0 Å². The van der Waals surface area contributed by atoms with E-state index in [1.807, 2.05) is 0 Å². The summed E-state index contributed by atoms with van der Waals surface area (Å²) in [4.78, 5) is 0. The normalized spacial score (nSPS) is 11.7. The van der Waals surface area contributed by atoms with Crippen LogP contribution in [0.5, 0.6) is 0 Å². The van der Waals surface area contributed by atoms with Crippen molar-refractivity contribution >= 4 is 15.9 Å². The summed E-state index contributed by atoms with van der Waals surface area (Å²) in [6, 6.07) is 0. The van der Waals surface area contributed by atoms with Crippen LogP contribution in [0.1, 0.15) is 58.1 Å². The van der Waals surface area contributed by atoms with E-state index in [-0.39, 0.29) is 0 Å². The first-order valence-electron chi connectivity index (χ1n) is 6.11. The Morgan fingerprint density at radius 3 is 2.25 bits per heavy atom. The van der Waals surface area contributed by atoms with Gasteiger partial charge < -0.3 is 4.57 Å².